The van der Waals surface area contributed by atoms with Crippen LogP contribution in [0.15, 0.2) is 30.5 Å². The molecule has 2 bridgehead atoms. The van der Waals surface area contributed by atoms with Gasteiger partial charge < -0.3 is 14.8 Å². The predicted molar refractivity (Wildman–Crippen MR) is 83.4 cm³/mol. The molecule has 110 valence electrons. The van der Waals surface area contributed by atoms with Gasteiger partial charge in [0.2, 0.25) is 0 Å². The first kappa shape index (κ1) is 12.9. The molecule has 2 fully saturated rings. The maximum atomic E-state index is 12.9. The lowest BCUT2D eigenvalue weighted by molar-refractivity contribution is 0.0663. The van der Waals surface area contributed by atoms with Gasteiger partial charge in [-0.2, -0.15) is 0 Å². The number of amides is 1. The lowest BCUT2D eigenvalue weighted by atomic mass is 10.0. The first-order valence-electron chi connectivity index (χ1n) is 7.92. The summed E-state index contributed by atoms with van der Waals surface area (Å²) in [6.45, 7) is 4.24. The Hall–Kier alpha value is -1.81. The number of H-pyrrole nitrogens is 1. The minimum absolute atomic E-state index is 0.201. The molecule has 2 unspecified atom stereocenters. The van der Waals surface area contributed by atoms with E-state index in [1.807, 2.05) is 30.5 Å². The minimum Gasteiger partial charge on any atom is -0.361 e. The van der Waals surface area contributed by atoms with E-state index < -0.39 is 0 Å². The molecule has 0 radical (unpaired) electrons. The van der Waals surface area contributed by atoms with Crippen LogP contribution in [0.25, 0.3) is 10.9 Å². The van der Waals surface area contributed by atoms with Crippen molar-refractivity contribution in [2.75, 3.05) is 26.2 Å². The third kappa shape index (κ3) is 2.33. The Labute approximate surface area is 124 Å². The fraction of sp³-hybridized carbons (Fsp3) is 0.471. The lowest BCUT2D eigenvalue weighted by Gasteiger charge is -2.31. The summed E-state index contributed by atoms with van der Waals surface area (Å²) in [6, 6.07) is 8.42. The summed E-state index contributed by atoms with van der Waals surface area (Å²) < 4.78 is 0. The summed E-state index contributed by atoms with van der Waals surface area (Å²) in [7, 11) is 0. The largest absolute Gasteiger partial charge is 0.361 e. The Morgan fingerprint density at radius 2 is 2.05 bits per heavy atom. The molecule has 2 aliphatic heterocycles. The standard InChI is InChI=1S/C17H21N3O/c21-17(14-3-4-16-13(12-14)5-7-18-16)20-11-10-19-8-1-2-15(20)6-9-19/h3-5,7,12,15,18H,1-2,6,8-11H2. The molecule has 2 aliphatic rings. The Kier molecular flexibility index (Phi) is 3.19. The molecule has 2 atom stereocenters. The van der Waals surface area contributed by atoms with Crippen molar-refractivity contribution in [1.29, 1.82) is 0 Å². The molecule has 2 aromatic rings. The molecular weight excluding hydrogens is 262 g/mol. The zero-order valence-corrected chi connectivity index (χ0v) is 12.2. The molecule has 1 N–H and O–H groups in total. The van der Waals surface area contributed by atoms with E-state index in [2.05, 4.69) is 14.8 Å². The van der Waals surface area contributed by atoms with Gasteiger partial charge in [-0.1, -0.05) is 0 Å². The number of nitrogens with zero attached hydrogens (tertiary/aromatic N) is 2. The van der Waals surface area contributed by atoms with Crippen LogP contribution in [-0.4, -0.2) is 52.9 Å². The van der Waals surface area contributed by atoms with Gasteiger partial charge >= 0.3 is 0 Å². The number of nitrogens with one attached hydrogen (secondary N) is 1. The second kappa shape index (κ2) is 5.19. The van der Waals surface area contributed by atoms with Gasteiger partial charge in [0.15, 0.2) is 0 Å². The first-order valence-corrected chi connectivity index (χ1v) is 7.92. The van der Waals surface area contributed by atoms with E-state index >= 15 is 0 Å². The van der Waals surface area contributed by atoms with Gasteiger partial charge in [-0.15, -0.1) is 0 Å². The topological polar surface area (TPSA) is 39.3 Å². The van der Waals surface area contributed by atoms with Gasteiger partial charge in [-0.3, -0.25) is 4.79 Å². The summed E-state index contributed by atoms with van der Waals surface area (Å²) in [5.41, 5.74) is 1.91. The third-order valence-corrected chi connectivity index (χ3v) is 4.95. The van der Waals surface area contributed by atoms with Crippen molar-refractivity contribution in [3.8, 4) is 0 Å². The molecule has 2 saturated heterocycles. The van der Waals surface area contributed by atoms with Crippen molar-refractivity contribution in [1.82, 2.24) is 14.8 Å². The van der Waals surface area contributed by atoms with Gasteiger partial charge in [0, 0.05) is 48.3 Å². The monoisotopic (exact) mass is 283 g/mol. The maximum Gasteiger partial charge on any atom is 0.254 e. The van der Waals surface area contributed by atoms with Crippen molar-refractivity contribution >= 4 is 16.8 Å². The number of benzene rings is 1. The second-order valence-corrected chi connectivity index (χ2v) is 6.20. The average molecular weight is 283 g/mol. The third-order valence-electron chi connectivity index (χ3n) is 4.95. The highest BCUT2D eigenvalue weighted by atomic mass is 16.2. The van der Waals surface area contributed by atoms with Crippen molar-refractivity contribution in [3.63, 3.8) is 0 Å². The fourth-order valence-corrected chi connectivity index (χ4v) is 3.72. The number of carbonyl (C=O) groups excluding carboxylic acids is 1. The quantitative estimate of drug-likeness (QED) is 0.873. The van der Waals surface area contributed by atoms with E-state index in [9.17, 15) is 4.79 Å². The summed E-state index contributed by atoms with van der Waals surface area (Å²) in [5, 5.41) is 1.11. The average Bonchev–Trinajstić information content (AvgIpc) is 2.70. The Morgan fingerprint density at radius 3 is 3.00 bits per heavy atom. The van der Waals surface area contributed by atoms with Crippen LogP contribution < -0.4 is 0 Å². The molecule has 0 aliphatic carbocycles. The summed E-state index contributed by atoms with van der Waals surface area (Å²) >= 11 is 0. The number of fused-ring (bicyclic) bond motifs is 4. The van der Waals surface area contributed by atoms with Crippen LogP contribution in [0.1, 0.15) is 29.6 Å². The van der Waals surface area contributed by atoms with E-state index in [1.54, 1.807) is 0 Å². The summed E-state index contributed by atoms with van der Waals surface area (Å²) in [4.78, 5) is 20.7. The number of carbonyl (C=O) groups is 1. The molecule has 4 heteroatoms. The highest BCUT2D eigenvalue weighted by Gasteiger charge is 2.30. The predicted octanol–water partition coefficient (Wildman–Crippen LogP) is 2.48. The highest BCUT2D eigenvalue weighted by Crippen LogP contribution is 2.23. The zero-order chi connectivity index (χ0) is 14.2. The van der Waals surface area contributed by atoms with Gasteiger partial charge in [0.05, 0.1) is 0 Å². The van der Waals surface area contributed by atoms with Crippen molar-refractivity contribution in [3.05, 3.63) is 36.0 Å². The number of aromatic nitrogens is 1. The van der Waals surface area contributed by atoms with Crippen molar-refractivity contribution in [2.45, 2.75) is 25.3 Å². The molecule has 4 nitrogen and oxygen atoms in total. The smallest absolute Gasteiger partial charge is 0.254 e. The zero-order valence-electron chi connectivity index (χ0n) is 12.2. The molecular formula is C17H21N3O. The molecule has 3 heterocycles. The molecule has 1 aromatic carbocycles. The number of hydrogen-bond acceptors (Lipinski definition) is 2. The van der Waals surface area contributed by atoms with Gasteiger partial charge in [0.25, 0.3) is 5.91 Å². The van der Waals surface area contributed by atoms with E-state index in [4.69, 9.17) is 0 Å². The number of aromatic amines is 1. The highest BCUT2D eigenvalue weighted by molar-refractivity contribution is 5.98. The van der Waals surface area contributed by atoms with E-state index in [1.165, 1.54) is 13.0 Å². The fourth-order valence-electron chi connectivity index (χ4n) is 3.72. The number of rotatable bonds is 1. The first-order chi connectivity index (χ1) is 10.3. The Bertz CT molecular complexity index is 663. The van der Waals surface area contributed by atoms with Gasteiger partial charge in [-0.25, -0.2) is 0 Å². The SMILES string of the molecule is O=C(c1ccc2[nH]ccc2c1)N1CCN2CCCC1CC2. The Balaban J connectivity index is 1.63. The molecule has 0 spiro atoms. The van der Waals surface area contributed by atoms with Crippen LogP contribution in [0.3, 0.4) is 0 Å². The molecule has 1 amide bonds. The van der Waals surface area contributed by atoms with E-state index in [-0.39, 0.29) is 5.91 Å². The maximum absolute atomic E-state index is 12.9. The van der Waals surface area contributed by atoms with Crippen LogP contribution in [0.4, 0.5) is 0 Å². The van der Waals surface area contributed by atoms with Crippen molar-refractivity contribution in [2.24, 2.45) is 0 Å². The summed E-state index contributed by atoms with van der Waals surface area (Å²) in [5.74, 6) is 0.201. The summed E-state index contributed by atoms with van der Waals surface area (Å²) in [6.07, 6.45) is 5.40. The molecule has 1 aromatic heterocycles. The van der Waals surface area contributed by atoms with Crippen LogP contribution in [0, 0.1) is 0 Å². The number of hydrogen-bond donors (Lipinski definition) is 1. The normalized spacial score (nSPS) is 25.8. The van der Waals surface area contributed by atoms with E-state index in [0.29, 0.717) is 6.04 Å². The van der Waals surface area contributed by atoms with Crippen LogP contribution in [0.5, 0.6) is 0 Å². The van der Waals surface area contributed by atoms with Crippen LogP contribution >= 0.6 is 0 Å². The molecule has 4 rings (SSSR count). The van der Waals surface area contributed by atoms with Gasteiger partial charge in [0.1, 0.15) is 0 Å². The van der Waals surface area contributed by atoms with Crippen LogP contribution in [0.2, 0.25) is 0 Å². The van der Waals surface area contributed by atoms with Crippen molar-refractivity contribution < 1.29 is 4.79 Å². The minimum atomic E-state index is 0.201. The van der Waals surface area contributed by atoms with E-state index in [0.717, 1.165) is 48.9 Å². The Morgan fingerprint density at radius 1 is 1.10 bits per heavy atom. The molecule has 21 heavy (non-hydrogen) atoms. The second-order valence-electron chi connectivity index (χ2n) is 6.20. The van der Waals surface area contributed by atoms with Crippen LogP contribution in [-0.2, 0) is 0 Å². The molecule has 0 saturated carbocycles. The van der Waals surface area contributed by atoms with Gasteiger partial charge in [-0.05, 0) is 50.1 Å². The lowest BCUT2D eigenvalue weighted by Crippen LogP contribution is -2.43.